The predicted octanol–water partition coefficient (Wildman–Crippen LogP) is 0.281. The van der Waals surface area contributed by atoms with Crippen molar-refractivity contribution < 1.29 is 28.3 Å². The Morgan fingerprint density at radius 1 is 0.625 bits per heavy atom. The number of halogens is 4. The molecule has 0 aliphatic carbocycles. The molecule has 0 fully saturated rings. The molecule has 8 heavy (non-hydrogen) atoms. The topological polar surface area (TPSA) is 94.5 Å². The normalized spacial score (nSPS) is 9.50. The van der Waals surface area contributed by atoms with Crippen LogP contribution in [0.15, 0.2) is 0 Å². The molecule has 8 heteroatoms. The van der Waals surface area contributed by atoms with Gasteiger partial charge in [-0.3, -0.25) is 0 Å². The first-order valence-corrected chi connectivity index (χ1v) is 11.7. The van der Waals surface area contributed by atoms with E-state index >= 15 is 0 Å². The van der Waals surface area contributed by atoms with Crippen molar-refractivity contribution in [3.05, 3.63) is 0 Å². The molecular formula is H6Cl4O3Pt. The van der Waals surface area contributed by atoms with Gasteiger partial charge < -0.3 is 16.4 Å². The summed E-state index contributed by atoms with van der Waals surface area (Å²) in [6, 6.07) is 0. The summed E-state index contributed by atoms with van der Waals surface area (Å²) in [6.45, 7) is 0. The molecule has 0 atom stereocenters. The molecule has 0 aliphatic heterocycles. The van der Waals surface area contributed by atoms with Crippen LogP contribution in [0.3, 0.4) is 0 Å². The molecule has 0 aliphatic rings. The second-order valence-electron chi connectivity index (χ2n) is 0.271. The van der Waals surface area contributed by atoms with E-state index in [0.29, 0.717) is 0 Å². The van der Waals surface area contributed by atoms with E-state index in [0.717, 1.165) is 0 Å². The van der Waals surface area contributed by atoms with Gasteiger partial charge in [0.1, 0.15) is 0 Å². The van der Waals surface area contributed by atoms with Gasteiger partial charge in [0.05, 0.1) is 0 Å². The second-order valence-corrected chi connectivity index (χ2v) is 20.0. The quantitative estimate of drug-likeness (QED) is 0.568. The van der Waals surface area contributed by atoms with E-state index in [1.807, 2.05) is 0 Å². The van der Waals surface area contributed by atoms with Gasteiger partial charge in [0, 0.05) is 0 Å². The Labute approximate surface area is 65.7 Å². The molecule has 0 spiro atoms. The monoisotopic (exact) mass is 389 g/mol. The number of rotatable bonds is 0. The van der Waals surface area contributed by atoms with Crippen LogP contribution < -0.4 is 0 Å². The molecule has 0 saturated heterocycles. The zero-order valence-electron chi connectivity index (χ0n) is 3.33. The van der Waals surface area contributed by atoms with E-state index < -0.39 is 11.9 Å². The Kier molecular flexibility index (Phi) is 24.6. The molecule has 0 aromatic heterocycles. The van der Waals surface area contributed by atoms with Crippen molar-refractivity contribution in [1.82, 2.24) is 0 Å². The molecule has 3 nitrogen and oxygen atoms in total. The molecular weight excluding hydrogens is 385 g/mol. The minimum atomic E-state index is -3.06. The first kappa shape index (κ1) is 22.6. The fourth-order valence-electron chi connectivity index (χ4n) is 0. The van der Waals surface area contributed by atoms with Crippen LogP contribution in [0.4, 0.5) is 0 Å². The average Bonchev–Trinajstić information content (AvgIpc) is 0.722. The van der Waals surface area contributed by atoms with Crippen molar-refractivity contribution in [2.45, 2.75) is 0 Å². The molecule has 0 saturated carbocycles. The van der Waals surface area contributed by atoms with E-state index in [9.17, 15) is 0 Å². The van der Waals surface area contributed by atoms with Crippen LogP contribution in [-0.4, -0.2) is 16.4 Å². The SMILES string of the molecule is O.O.O.[Cl][Pt]([Cl])([Cl])[Cl]. The van der Waals surface area contributed by atoms with Crippen molar-refractivity contribution in [2.24, 2.45) is 0 Å². The fourth-order valence-corrected chi connectivity index (χ4v) is 0. The first-order valence-electron chi connectivity index (χ1n) is 0.478. The Hall–Kier alpha value is 1.73. The summed E-state index contributed by atoms with van der Waals surface area (Å²) in [6.07, 6.45) is 0. The van der Waals surface area contributed by atoms with Gasteiger partial charge in [-0.2, -0.15) is 0 Å². The second kappa shape index (κ2) is 8.73. The molecule has 0 amide bonds. The summed E-state index contributed by atoms with van der Waals surface area (Å²) in [5, 5.41) is 0. The Balaban J connectivity index is -0.0000000267. The Morgan fingerprint density at radius 2 is 0.625 bits per heavy atom. The van der Waals surface area contributed by atoms with Crippen LogP contribution in [-0.2, 0) is 11.9 Å². The standard InChI is InChI=1S/4ClH.3H2O.Pt/h4*1H;3*1H2;/q;;;;;;;+4/p-4. The average molecular weight is 391 g/mol. The van der Waals surface area contributed by atoms with Gasteiger partial charge in [-0.05, 0) is 0 Å². The summed E-state index contributed by atoms with van der Waals surface area (Å²) < 4.78 is 0. The number of hydrogen-bond donors (Lipinski definition) is 0. The molecule has 62 valence electrons. The summed E-state index contributed by atoms with van der Waals surface area (Å²) in [7, 11) is 20.0. The van der Waals surface area contributed by atoms with E-state index in [4.69, 9.17) is 37.7 Å². The maximum atomic E-state index is 5.01. The van der Waals surface area contributed by atoms with Crippen molar-refractivity contribution in [1.29, 1.82) is 0 Å². The third kappa shape index (κ3) is 117. The summed E-state index contributed by atoms with van der Waals surface area (Å²) >= 11 is -3.06. The van der Waals surface area contributed by atoms with E-state index in [1.165, 1.54) is 0 Å². The predicted molar refractivity (Wildman–Crippen MR) is 34.3 cm³/mol. The van der Waals surface area contributed by atoms with E-state index in [2.05, 4.69) is 0 Å². The van der Waals surface area contributed by atoms with Crippen LogP contribution in [0.2, 0.25) is 0 Å². The molecule has 0 unspecified atom stereocenters. The van der Waals surface area contributed by atoms with Crippen LogP contribution in [0.5, 0.6) is 0 Å². The van der Waals surface area contributed by atoms with Crippen molar-refractivity contribution in [2.75, 3.05) is 0 Å². The van der Waals surface area contributed by atoms with Crippen molar-refractivity contribution in [3.8, 4) is 0 Å². The molecule has 0 aromatic carbocycles. The number of hydrogen-bond acceptors (Lipinski definition) is 0. The molecule has 0 rings (SSSR count). The first-order chi connectivity index (χ1) is 2.00. The van der Waals surface area contributed by atoms with E-state index in [1.54, 1.807) is 0 Å². The Bertz CT molecular complexity index is 26.8. The van der Waals surface area contributed by atoms with Crippen LogP contribution in [0, 0.1) is 0 Å². The zero-order chi connectivity index (χ0) is 4.50. The van der Waals surface area contributed by atoms with Crippen LogP contribution in [0.25, 0.3) is 0 Å². The minimum absolute atomic E-state index is 0. The molecule has 0 radical (unpaired) electrons. The third-order valence-electron chi connectivity index (χ3n) is 0. The van der Waals surface area contributed by atoms with Crippen molar-refractivity contribution in [3.63, 3.8) is 0 Å². The van der Waals surface area contributed by atoms with Crippen LogP contribution in [0.1, 0.15) is 0 Å². The van der Waals surface area contributed by atoms with Crippen molar-refractivity contribution >= 4 is 37.7 Å². The van der Waals surface area contributed by atoms with Gasteiger partial charge in [-0.15, -0.1) is 0 Å². The van der Waals surface area contributed by atoms with Gasteiger partial charge in [0.2, 0.25) is 0 Å². The van der Waals surface area contributed by atoms with Gasteiger partial charge >= 0.3 is 49.6 Å². The fraction of sp³-hybridized carbons (Fsp3) is 0. The van der Waals surface area contributed by atoms with E-state index in [-0.39, 0.29) is 16.4 Å². The summed E-state index contributed by atoms with van der Waals surface area (Å²) in [5.41, 5.74) is 0. The molecule has 0 aromatic rings. The Morgan fingerprint density at radius 3 is 0.625 bits per heavy atom. The third-order valence-corrected chi connectivity index (χ3v) is 0. The van der Waals surface area contributed by atoms with Gasteiger partial charge in [0.15, 0.2) is 0 Å². The molecule has 0 heterocycles. The summed E-state index contributed by atoms with van der Waals surface area (Å²) in [4.78, 5) is 0. The van der Waals surface area contributed by atoms with Gasteiger partial charge in [-0.25, -0.2) is 0 Å². The van der Waals surface area contributed by atoms with Crippen LogP contribution >= 0.6 is 37.7 Å². The summed E-state index contributed by atoms with van der Waals surface area (Å²) in [5.74, 6) is 0. The van der Waals surface area contributed by atoms with Gasteiger partial charge in [-0.1, -0.05) is 0 Å². The maximum absolute atomic E-state index is 5.01. The molecule has 6 N–H and O–H groups in total. The zero-order valence-corrected chi connectivity index (χ0v) is 8.62. The van der Waals surface area contributed by atoms with Gasteiger partial charge in [0.25, 0.3) is 0 Å². The molecule has 0 bridgehead atoms.